The first kappa shape index (κ1) is 24.5. The van der Waals surface area contributed by atoms with Crippen LogP contribution in [0.1, 0.15) is 45.1 Å². The second-order valence-corrected chi connectivity index (χ2v) is 9.91. The lowest BCUT2D eigenvalue weighted by Gasteiger charge is -2.27. The molecule has 4 rings (SSSR count). The van der Waals surface area contributed by atoms with Crippen LogP contribution in [0.5, 0.6) is 5.75 Å². The molecule has 0 radical (unpaired) electrons. The fraction of sp³-hybridized carbons (Fsp3) is 0.385. The van der Waals surface area contributed by atoms with Crippen molar-refractivity contribution < 1.29 is 14.3 Å². The molecule has 3 heterocycles. The molecule has 1 N–H and O–H groups in total. The topological polar surface area (TPSA) is 100 Å². The summed E-state index contributed by atoms with van der Waals surface area (Å²) in [5.74, 6) is 1.44. The Morgan fingerprint density at radius 1 is 1.29 bits per heavy atom. The molecule has 2 amide bonds. The van der Waals surface area contributed by atoms with E-state index in [9.17, 15) is 14.9 Å². The van der Waals surface area contributed by atoms with Gasteiger partial charge in [0.2, 0.25) is 11.8 Å². The van der Waals surface area contributed by atoms with Crippen LogP contribution in [-0.2, 0) is 35.5 Å². The summed E-state index contributed by atoms with van der Waals surface area (Å²) >= 11 is 1.39. The second kappa shape index (κ2) is 10.3. The lowest BCUT2D eigenvalue weighted by atomic mass is 10.0. The normalized spacial score (nSPS) is 12.7. The number of imidazole rings is 1. The number of fused-ring (bicyclic) bond motifs is 1. The minimum atomic E-state index is -0.150. The van der Waals surface area contributed by atoms with Gasteiger partial charge in [-0.2, -0.15) is 5.26 Å². The Hall–Kier alpha value is -3.64. The van der Waals surface area contributed by atoms with Crippen LogP contribution >= 0.6 is 11.3 Å². The molecule has 35 heavy (non-hydrogen) atoms. The number of anilines is 1. The first-order valence-corrected chi connectivity index (χ1v) is 12.4. The monoisotopic (exact) mass is 491 g/mol. The third kappa shape index (κ3) is 5.38. The molecule has 1 aromatic carbocycles. The predicted octanol–water partition coefficient (Wildman–Crippen LogP) is 3.91. The maximum atomic E-state index is 12.9. The van der Waals surface area contributed by atoms with E-state index in [-0.39, 0.29) is 24.8 Å². The van der Waals surface area contributed by atoms with E-state index in [4.69, 9.17) is 4.74 Å². The number of thiophene rings is 1. The molecule has 3 aromatic rings. The van der Waals surface area contributed by atoms with Crippen LogP contribution in [0.2, 0.25) is 0 Å². The zero-order valence-electron chi connectivity index (χ0n) is 20.5. The molecule has 2 aromatic heterocycles. The summed E-state index contributed by atoms with van der Waals surface area (Å²) in [7, 11) is 1.62. The number of nitrogens with zero attached hydrogens (tertiary/aromatic N) is 4. The third-order valence-electron chi connectivity index (χ3n) is 6.23. The van der Waals surface area contributed by atoms with E-state index < -0.39 is 0 Å². The molecule has 0 fully saturated rings. The number of carbonyl (C=O) groups is 2. The Labute approximate surface area is 209 Å². The summed E-state index contributed by atoms with van der Waals surface area (Å²) in [5, 5.41) is 13.3. The van der Waals surface area contributed by atoms with Gasteiger partial charge < -0.3 is 19.5 Å². The molecule has 0 spiro atoms. The zero-order valence-corrected chi connectivity index (χ0v) is 21.3. The lowest BCUT2D eigenvalue weighted by Crippen LogP contribution is -2.37. The first-order valence-electron chi connectivity index (χ1n) is 11.5. The molecule has 8 nitrogen and oxygen atoms in total. The Morgan fingerprint density at radius 3 is 2.77 bits per heavy atom. The summed E-state index contributed by atoms with van der Waals surface area (Å²) in [4.78, 5) is 32.8. The van der Waals surface area contributed by atoms with Gasteiger partial charge in [0.1, 0.15) is 29.2 Å². The van der Waals surface area contributed by atoms with Crippen LogP contribution in [-0.4, -0.2) is 39.9 Å². The quantitative estimate of drug-likeness (QED) is 0.540. The van der Waals surface area contributed by atoms with Crippen molar-refractivity contribution in [1.82, 2.24) is 14.5 Å². The maximum absolute atomic E-state index is 12.9. The highest BCUT2D eigenvalue weighted by molar-refractivity contribution is 7.16. The number of nitrogens with one attached hydrogen (secondary N) is 1. The van der Waals surface area contributed by atoms with Gasteiger partial charge in [0.05, 0.1) is 24.9 Å². The highest BCUT2D eigenvalue weighted by atomic mass is 32.1. The first-order chi connectivity index (χ1) is 16.8. The van der Waals surface area contributed by atoms with Crippen LogP contribution in [0.4, 0.5) is 5.00 Å². The average molecular weight is 492 g/mol. The highest BCUT2D eigenvalue weighted by Gasteiger charge is 2.28. The number of amides is 2. The maximum Gasteiger partial charge on any atom is 0.242 e. The second-order valence-electron chi connectivity index (χ2n) is 8.81. The molecule has 1 aliphatic heterocycles. The van der Waals surface area contributed by atoms with Crippen LogP contribution in [0, 0.1) is 32.1 Å². The Bertz CT molecular complexity index is 1320. The highest BCUT2D eigenvalue weighted by Crippen LogP contribution is 2.37. The molecular formula is C26H29N5O3S. The molecule has 0 aliphatic carbocycles. The zero-order chi connectivity index (χ0) is 25.1. The van der Waals surface area contributed by atoms with Crippen molar-refractivity contribution in [3.05, 3.63) is 63.0 Å². The fourth-order valence-electron chi connectivity index (χ4n) is 4.44. The molecule has 1 aliphatic rings. The van der Waals surface area contributed by atoms with Gasteiger partial charge in [-0.15, -0.1) is 11.3 Å². The minimum Gasteiger partial charge on any atom is -0.496 e. The van der Waals surface area contributed by atoms with Gasteiger partial charge in [-0.25, -0.2) is 4.98 Å². The molecule has 0 bridgehead atoms. The van der Waals surface area contributed by atoms with E-state index in [1.165, 1.54) is 11.3 Å². The molecule has 0 saturated heterocycles. The third-order valence-corrected chi connectivity index (χ3v) is 7.37. The van der Waals surface area contributed by atoms with Crippen LogP contribution in [0.25, 0.3) is 0 Å². The number of ether oxygens (including phenoxy) is 1. The molecule has 0 atom stereocenters. The van der Waals surface area contributed by atoms with Gasteiger partial charge in [0.15, 0.2) is 0 Å². The van der Waals surface area contributed by atoms with Crippen molar-refractivity contribution in [2.75, 3.05) is 19.0 Å². The van der Waals surface area contributed by atoms with E-state index in [1.807, 2.05) is 54.6 Å². The number of benzene rings is 1. The van der Waals surface area contributed by atoms with E-state index in [0.29, 0.717) is 36.5 Å². The van der Waals surface area contributed by atoms with Crippen LogP contribution in [0.15, 0.2) is 24.4 Å². The molecule has 182 valence electrons. The van der Waals surface area contributed by atoms with E-state index in [0.717, 1.165) is 38.8 Å². The predicted molar refractivity (Wildman–Crippen MR) is 135 cm³/mol. The van der Waals surface area contributed by atoms with Gasteiger partial charge >= 0.3 is 0 Å². The van der Waals surface area contributed by atoms with Crippen molar-refractivity contribution in [2.45, 2.75) is 53.1 Å². The molecule has 0 unspecified atom stereocenters. The number of nitriles is 1. The Balaban J connectivity index is 1.42. The van der Waals surface area contributed by atoms with Gasteiger partial charge in [-0.1, -0.05) is 17.7 Å². The minimum absolute atomic E-state index is 0.0146. The summed E-state index contributed by atoms with van der Waals surface area (Å²) < 4.78 is 7.27. The Kier molecular flexibility index (Phi) is 7.22. The van der Waals surface area contributed by atoms with E-state index in [2.05, 4.69) is 16.4 Å². The average Bonchev–Trinajstić information content (AvgIpc) is 3.34. The van der Waals surface area contributed by atoms with Gasteiger partial charge in [-0.3, -0.25) is 9.59 Å². The molecular weight excluding hydrogens is 462 g/mol. The van der Waals surface area contributed by atoms with Crippen molar-refractivity contribution in [3.8, 4) is 11.8 Å². The number of aryl methyl sites for hydroxylation is 4. The van der Waals surface area contributed by atoms with Crippen LogP contribution in [0.3, 0.4) is 0 Å². The Morgan fingerprint density at radius 2 is 2.09 bits per heavy atom. The fourth-order valence-corrected chi connectivity index (χ4v) is 5.67. The summed E-state index contributed by atoms with van der Waals surface area (Å²) in [6.07, 6.45) is 3.29. The summed E-state index contributed by atoms with van der Waals surface area (Å²) in [6.45, 7) is 7.02. The molecule has 0 saturated carbocycles. The van der Waals surface area contributed by atoms with Crippen molar-refractivity contribution in [1.29, 1.82) is 5.26 Å². The van der Waals surface area contributed by atoms with Gasteiger partial charge in [0, 0.05) is 24.0 Å². The lowest BCUT2D eigenvalue weighted by molar-refractivity contribution is -0.132. The number of hydrogen-bond donors (Lipinski definition) is 1. The smallest absolute Gasteiger partial charge is 0.242 e. The number of hydrogen-bond acceptors (Lipinski definition) is 6. The standard InChI is InChI=1S/C26H29N5O3S/c1-16-5-7-22(34-4)19(11-16)6-8-24(32)29-26-21(12-27)20-9-10-30(14-23(20)35-26)25(33)15-31-13-17(2)28-18(31)3/h5,7,11,13H,6,8-10,14-15H2,1-4H3,(H,29,32). The number of methoxy groups -OCH3 is 1. The largest absolute Gasteiger partial charge is 0.496 e. The van der Waals surface area contributed by atoms with Gasteiger partial charge in [0.25, 0.3) is 0 Å². The molecule has 9 heteroatoms. The van der Waals surface area contributed by atoms with Crippen molar-refractivity contribution >= 4 is 28.2 Å². The summed E-state index contributed by atoms with van der Waals surface area (Å²) in [5.41, 5.74) is 4.42. The van der Waals surface area contributed by atoms with Crippen molar-refractivity contribution in [2.24, 2.45) is 0 Å². The van der Waals surface area contributed by atoms with Crippen molar-refractivity contribution in [3.63, 3.8) is 0 Å². The van der Waals surface area contributed by atoms with E-state index >= 15 is 0 Å². The number of carbonyl (C=O) groups excluding carboxylic acids is 2. The van der Waals surface area contributed by atoms with Crippen LogP contribution < -0.4 is 10.1 Å². The number of rotatable bonds is 7. The van der Waals surface area contributed by atoms with E-state index in [1.54, 1.807) is 7.11 Å². The van der Waals surface area contributed by atoms with Gasteiger partial charge in [-0.05, 0) is 50.8 Å². The number of aromatic nitrogens is 2. The summed E-state index contributed by atoms with van der Waals surface area (Å²) in [6, 6.07) is 8.17. The SMILES string of the molecule is COc1ccc(C)cc1CCC(=O)Nc1sc2c(c1C#N)CCN(C(=O)Cn1cc(C)nc1C)C2.